The predicted octanol–water partition coefficient (Wildman–Crippen LogP) is 3.46. The zero-order valence-electron chi connectivity index (χ0n) is 13.9. The van der Waals surface area contributed by atoms with E-state index in [9.17, 15) is 9.59 Å². The van der Waals surface area contributed by atoms with Gasteiger partial charge in [-0.2, -0.15) is 0 Å². The smallest absolute Gasteiger partial charge is 0.341 e. The number of hydrogen-bond acceptors (Lipinski definition) is 4. The van der Waals surface area contributed by atoms with Gasteiger partial charge < -0.3 is 14.8 Å². The van der Waals surface area contributed by atoms with Crippen molar-refractivity contribution < 1.29 is 19.1 Å². The van der Waals surface area contributed by atoms with Gasteiger partial charge in [0.1, 0.15) is 11.3 Å². The van der Waals surface area contributed by atoms with Gasteiger partial charge in [0.2, 0.25) is 5.91 Å². The number of hydrogen-bond donors (Lipinski definition) is 1. The number of carbonyl (C=O) groups is 2. The lowest BCUT2D eigenvalue weighted by Gasteiger charge is -2.09. The Hall–Kier alpha value is -2.79. The molecule has 1 N–H and O–H groups in total. The molecule has 0 fully saturated rings. The maximum absolute atomic E-state index is 11.9. The Bertz CT molecular complexity index is 802. The number of esters is 1. The van der Waals surface area contributed by atoms with Crippen LogP contribution in [0.15, 0.2) is 48.5 Å². The Balaban J connectivity index is 2.00. The van der Waals surface area contributed by atoms with E-state index < -0.39 is 5.97 Å². The van der Waals surface area contributed by atoms with Crippen LogP contribution in [0.1, 0.15) is 21.5 Å². The quantitative estimate of drug-likeness (QED) is 0.633. The van der Waals surface area contributed by atoms with Gasteiger partial charge in [0.15, 0.2) is 0 Å². The second-order valence-corrected chi connectivity index (χ2v) is 5.57. The van der Waals surface area contributed by atoms with Gasteiger partial charge in [0, 0.05) is 17.6 Å². The van der Waals surface area contributed by atoms with Gasteiger partial charge in [-0.3, -0.25) is 4.79 Å². The molecule has 0 aromatic heterocycles. The third-order valence-electron chi connectivity index (χ3n) is 3.41. The van der Waals surface area contributed by atoms with Gasteiger partial charge in [-0.25, -0.2) is 4.79 Å². The molecule has 0 aliphatic heterocycles. The fourth-order valence-electron chi connectivity index (χ4n) is 2.16. The van der Waals surface area contributed by atoms with E-state index in [1.807, 2.05) is 12.1 Å². The molecule has 0 radical (unpaired) electrons. The van der Waals surface area contributed by atoms with E-state index in [0.717, 1.165) is 11.1 Å². The third kappa shape index (κ3) is 5.36. The van der Waals surface area contributed by atoms with Crippen molar-refractivity contribution in [3.63, 3.8) is 0 Å². The maximum Gasteiger partial charge on any atom is 0.341 e. The summed E-state index contributed by atoms with van der Waals surface area (Å²) in [6.07, 6.45) is 3.10. The van der Waals surface area contributed by atoms with E-state index in [-0.39, 0.29) is 12.5 Å². The minimum Gasteiger partial charge on any atom is -0.496 e. The second kappa shape index (κ2) is 8.89. The van der Waals surface area contributed by atoms with Gasteiger partial charge in [-0.1, -0.05) is 29.8 Å². The predicted molar refractivity (Wildman–Crippen MR) is 96.7 cm³/mol. The molecule has 2 aromatic rings. The van der Waals surface area contributed by atoms with Gasteiger partial charge >= 0.3 is 5.97 Å². The molecule has 0 aliphatic carbocycles. The van der Waals surface area contributed by atoms with E-state index in [1.54, 1.807) is 36.4 Å². The van der Waals surface area contributed by atoms with Crippen LogP contribution >= 0.6 is 11.6 Å². The molecule has 6 heteroatoms. The molecular formula is C19H18ClNO4. The molecule has 1 amide bonds. The molecule has 0 atom stereocenters. The standard InChI is InChI=1S/C19H18ClNO4/c1-24-17-8-6-14(11-16(17)19(23)25-2)12-21-18(22)9-7-13-4-3-5-15(20)10-13/h3-11H,12H2,1-2H3,(H,21,22)/b9-7+. The summed E-state index contributed by atoms with van der Waals surface area (Å²) < 4.78 is 9.86. The average Bonchev–Trinajstić information content (AvgIpc) is 2.63. The molecule has 0 unspecified atom stereocenters. The van der Waals surface area contributed by atoms with Crippen molar-refractivity contribution in [2.75, 3.05) is 14.2 Å². The molecule has 0 bridgehead atoms. The van der Waals surface area contributed by atoms with Crippen LogP contribution in [-0.4, -0.2) is 26.1 Å². The lowest BCUT2D eigenvalue weighted by molar-refractivity contribution is -0.116. The van der Waals surface area contributed by atoms with Crippen molar-refractivity contribution in [1.29, 1.82) is 0 Å². The zero-order valence-corrected chi connectivity index (χ0v) is 14.7. The van der Waals surface area contributed by atoms with Crippen molar-refractivity contribution in [2.24, 2.45) is 0 Å². The number of amides is 1. The molecule has 0 spiro atoms. The minimum atomic E-state index is -0.495. The Kier molecular flexibility index (Phi) is 6.60. The number of nitrogens with one attached hydrogen (secondary N) is 1. The fourth-order valence-corrected chi connectivity index (χ4v) is 2.36. The SMILES string of the molecule is COC(=O)c1cc(CNC(=O)/C=C/c2cccc(Cl)c2)ccc1OC. The van der Waals surface area contributed by atoms with Crippen molar-refractivity contribution in [3.05, 3.63) is 70.3 Å². The number of methoxy groups -OCH3 is 2. The second-order valence-electron chi connectivity index (χ2n) is 5.13. The molecule has 25 heavy (non-hydrogen) atoms. The van der Waals surface area contributed by atoms with Gasteiger partial charge in [0.25, 0.3) is 0 Å². The molecule has 2 rings (SSSR count). The number of rotatable bonds is 6. The van der Waals surface area contributed by atoms with Crippen molar-refractivity contribution in [2.45, 2.75) is 6.54 Å². The lowest BCUT2D eigenvalue weighted by atomic mass is 10.1. The highest BCUT2D eigenvalue weighted by molar-refractivity contribution is 6.30. The summed E-state index contributed by atoms with van der Waals surface area (Å²) in [6, 6.07) is 12.2. The molecule has 0 heterocycles. The first kappa shape index (κ1) is 18.5. The average molecular weight is 360 g/mol. The third-order valence-corrected chi connectivity index (χ3v) is 3.65. The van der Waals surface area contributed by atoms with E-state index in [4.69, 9.17) is 21.1 Å². The number of ether oxygens (including phenoxy) is 2. The Morgan fingerprint density at radius 1 is 1.16 bits per heavy atom. The molecule has 0 saturated carbocycles. The molecule has 2 aromatic carbocycles. The summed E-state index contributed by atoms with van der Waals surface area (Å²) in [5.41, 5.74) is 1.90. The van der Waals surface area contributed by atoms with E-state index in [0.29, 0.717) is 16.3 Å². The summed E-state index contributed by atoms with van der Waals surface area (Å²) in [5, 5.41) is 3.36. The van der Waals surface area contributed by atoms with Crippen LogP contribution in [0.3, 0.4) is 0 Å². The highest BCUT2D eigenvalue weighted by Gasteiger charge is 2.13. The van der Waals surface area contributed by atoms with Crippen molar-refractivity contribution in [1.82, 2.24) is 5.32 Å². The normalized spacial score (nSPS) is 10.5. The minimum absolute atomic E-state index is 0.254. The monoisotopic (exact) mass is 359 g/mol. The summed E-state index contributed by atoms with van der Waals surface area (Å²) in [5.74, 6) is -0.330. The Morgan fingerprint density at radius 3 is 2.64 bits per heavy atom. The van der Waals surface area contributed by atoms with Crippen LogP contribution < -0.4 is 10.1 Å². The topological polar surface area (TPSA) is 64.6 Å². The highest BCUT2D eigenvalue weighted by Crippen LogP contribution is 2.20. The summed E-state index contributed by atoms with van der Waals surface area (Å²) in [7, 11) is 2.78. The zero-order chi connectivity index (χ0) is 18.2. The summed E-state index contributed by atoms with van der Waals surface area (Å²) in [6.45, 7) is 0.271. The van der Waals surface area contributed by atoms with Crippen LogP contribution in [0.4, 0.5) is 0 Å². The van der Waals surface area contributed by atoms with E-state index >= 15 is 0 Å². The fraction of sp³-hybridized carbons (Fsp3) is 0.158. The van der Waals surface area contributed by atoms with Gasteiger partial charge in [0.05, 0.1) is 14.2 Å². The number of benzene rings is 2. The highest BCUT2D eigenvalue weighted by atomic mass is 35.5. The van der Waals surface area contributed by atoms with E-state index in [1.165, 1.54) is 20.3 Å². The van der Waals surface area contributed by atoms with Crippen molar-refractivity contribution in [3.8, 4) is 5.75 Å². The molecule has 0 saturated heterocycles. The van der Waals surface area contributed by atoms with Crippen molar-refractivity contribution >= 4 is 29.6 Å². The van der Waals surface area contributed by atoms with Crippen LogP contribution in [0.5, 0.6) is 5.75 Å². The number of halogens is 1. The summed E-state index contributed by atoms with van der Waals surface area (Å²) in [4.78, 5) is 23.7. The van der Waals surface area contributed by atoms with Crippen LogP contribution in [0.25, 0.3) is 6.08 Å². The Morgan fingerprint density at radius 2 is 1.96 bits per heavy atom. The lowest BCUT2D eigenvalue weighted by Crippen LogP contribution is -2.20. The molecule has 130 valence electrons. The Labute approximate surface area is 151 Å². The van der Waals surface area contributed by atoms with Crippen LogP contribution in [0, 0.1) is 0 Å². The molecular weight excluding hydrogens is 342 g/mol. The molecule has 0 aliphatic rings. The first-order chi connectivity index (χ1) is 12.0. The first-order valence-corrected chi connectivity index (χ1v) is 7.88. The number of carbonyl (C=O) groups excluding carboxylic acids is 2. The van der Waals surface area contributed by atoms with Gasteiger partial charge in [-0.15, -0.1) is 0 Å². The molecule has 5 nitrogen and oxygen atoms in total. The summed E-state index contributed by atoms with van der Waals surface area (Å²) >= 11 is 5.90. The van der Waals surface area contributed by atoms with Crippen LogP contribution in [0.2, 0.25) is 5.02 Å². The van der Waals surface area contributed by atoms with Crippen LogP contribution in [-0.2, 0) is 16.1 Å². The van der Waals surface area contributed by atoms with Gasteiger partial charge in [-0.05, 0) is 41.5 Å². The van der Waals surface area contributed by atoms with E-state index in [2.05, 4.69) is 5.32 Å². The largest absolute Gasteiger partial charge is 0.496 e. The first-order valence-electron chi connectivity index (χ1n) is 7.50. The maximum atomic E-state index is 11.9.